The van der Waals surface area contributed by atoms with E-state index in [1.165, 1.54) is 0 Å². The second kappa shape index (κ2) is 6.95. The Balaban J connectivity index is 4.29. The number of carboxylic acid groups (broad SMARTS) is 1. The van der Waals surface area contributed by atoms with Gasteiger partial charge in [0, 0.05) is 8.78 Å². The maximum absolute atomic E-state index is 10.5. The molecule has 0 aromatic heterocycles. The van der Waals surface area contributed by atoms with E-state index in [-0.39, 0.29) is 0 Å². The van der Waals surface area contributed by atoms with E-state index in [1.807, 2.05) is 6.92 Å². The van der Waals surface area contributed by atoms with Gasteiger partial charge >= 0.3 is 6.09 Å². The van der Waals surface area contributed by atoms with Gasteiger partial charge in [0.25, 0.3) is 0 Å². The van der Waals surface area contributed by atoms with Crippen LogP contribution in [0, 0.1) is 0 Å². The first-order chi connectivity index (χ1) is 6.44. The molecule has 0 heterocycles. The highest BCUT2D eigenvalue weighted by molar-refractivity contribution is 5.64. The Bertz CT molecular complexity index is 186. The minimum Gasteiger partial charge on any atom is -0.465 e. The molecule has 0 rings (SSSR count). The van der Waals surface area contributed by atoms with Crippen LogP contribution in [0.3, 0.4) is 0 Å². The summed E-state index contributed by atoms with van der Waals surface area (Å²) < 4.78 is 15.3. The zero-order chi connectivity index (χ0) is 11.2. The molecule has 0 fully saturated rings. The number of unbranched alkanes of at least 4 members (excludes halogenated alkanes) is 1. The van der Waals surface area contributed by atoms with E-state index in [4.69, 9.17) is 7.85 Å². The molecule has 0 radical (unpaired) electrons. The molecule has 0 aliphatic rings. The first kappa shape index (κ1) is 7.90. The molecule has 0 aliphatic heterocycles. The number of amides is 1. The molecule has 1 unspecified atom stereocenters. The molecule has 0 spiro atoms. The largest absolute Gasteiger partial charge is 0.465 e. The summed E-state index contributed by atoms with van der Waals surface area (Å²) >= 11 is 0. The predicted octanol–water partition coefficient (Wildman–Crippen LogP) is 2.61. The molecule has 0 saturated carbocycles. The van der Waals surface area contributed by atoms with Gasteiger partial charge in [0.05, 0.1) is 0 Å². The van der Waals surface area contributed by atoms with Crippen LogP contribution in [0.5, 0.6) is 0 Å². The predicted molar refractivity (Wildman–Crippen MR) is 49.4 cm³/mol. The van der Waals surface area contributed by atoms with E-state index in [1.54, 1.807) is 6.92 Å². The third kappa shape index (κ3) is 6.01. The Morgan fingerprint density at radius 1 is 1.58 bits per heavy atom. The van der Waals surface area contributed by atoms with Crippen molar-refractivity contribution < 1.29 is 12.6 Å². The summed E-state index contributed by atoms with van der Waals surface area (Å²) in [6.45, 7) is 3.72. The molecule has 1 amide bonds. The van der Waals surface area contributed by atoms with Gasteiger partial charge in [0.15, 0.2) is 0 Å². The van der Waals surface area contributed by atoms with E-state index in [9.17, 15) is 4.79 Å². The van der Waals surface area contributed by atoms with Crippen molar-refractivity contribution in [2.45, 2.75) is 51.9 Å². The second-order valence-corrected chi connectivity index (χ2v) is 2.70. The third-order valence-electron chi connectivity index (χ3n) is 1.59. The Kier molecular flexibility index (Phi) is 4.57. The van der Waals surface area contributed by atoms with E-state index in [0.717, 1.165) is 12.8 Å². The van der Waals surface area contributed by atoms with Crippen LogP contribution in [0.15, 0.2) is 0 Å². The van der Waals surface area contributed by atoms with Crippen molar-refractivity contribution >= 4 is 6.09 Å². The summed E-state index contributed by atoms with van der Waals surface area (Å²) in [7, 11) is 0. The Morgan fingerprint density at radius 2 is 2.25 bits per heavy atom. The molecule has 0 saturated heterocycles. The summed E-state index contributed by atoms with van der Waals surface area (Å²) in [4.78, 5) is 10.5. The van der Waals surface area contributed by atoms with E-state index < -0.39 is 18.5 Å². The van der Waals surface area contributed by atoms with Crippen molar-refractivity contribution in [1.29, 1.82) is 0 Å². The van der Waals surface area contributed by atoms with Crippen LogP contribution < -0.4 is 5.32 Å². The van der Waals surface area contributed by atoms with Crippen molar-refractivity contribution in [1.82, 2.24) is 5.32 Å². The Morgan fingerprint density at radius 3 is 2.67 bits per heavy atom. The highest BCUT2D eigenvalue weighted by Crippen LogP contribution is 2.06. The molecule has 0 aromatic rings. The molecular weight excluding hydrogens is 154 g/mol. The number of hydrogen-bond acceptors (Lipinski definition) is 1. The third-order valence-corrected chi connectivity index (χ3v) is 1.59. The molecule has 12 heavy (non-hydrogen) atoms. The Labute approximate surface area is 77.0 Å². The molecule has 0 aromatic carbocycles. The molecule has 3 nitrogen and oxygen atoms in total. The van der Waals surface area contributed by atoms with Gasteiger partial charge in [-0.05, 0) is 12.8 Å². The number of hydrogen-bond donors (Lipinski definition) is 2. The maximum atomic E-state index is 10.5. The first-order valence-electron chi connectivity index (χ1n) is 5.43. The van der Waals surface area contributed by atoms with Gasteiger partial charge in [-0.2, -0.15) is 0 Å². The Hall–Kier alpha value is -0.730. The van der Waals surface area contributed by atoms with Gasteiger partial charge in [-0.1, -0.05) is 33.1 Å². The molecule has 0 aliphatic carbocycles. The van der Waals surface area contributed by atoms with Gasteiger partial charge in [0.1, 0.15) is 0 Å². The van der Waals surface area contributed by atoms with Crippen LogP contribution in [0.4, 0.5) is 4.79 Å². The SMILES string of the molecule is [2H]C([2H])(CC)C(CCCC)NC(=O)O. The monoisotopic (exact) mass is 175 g/mol. The van der Waals surface area contributed by atoms with Crippen molar-refractivity contribution in [2.24, 2.45) is 0 Å². The quantitative estimate of drug-likeness (QED) is 0.652. The number of carbonyl (C=O) groups is 1. The summed E-state index contributed by atoms with van der Waals surface area (Å²) in [5.41, 5.74) is 0. The first-order valence-corrected chi connectivity index (χ1v) is 4.43. The summed E-state index contributed by atoms with van der Waals surface area (Å²) in [5.74, 6) is 0. The van der Waals surface area contributed by atoms with Crippen LogP contribution in [0.1, 0.15) is 48.6 Å². The number of nitrogens with one attached hydrogen (secondary N) is 1. The normalized spacial score (nSPS) is 16.2. The lowest BCUT2D eigenvalue weighted by molar-refractivity contribution is 0.188. The standard InChI is InChI=1S/C9H19NO2/c1-3-5-7-8(6-4-2)10-9(11)12/h8,10H,3-7H2,1-2H3,(H,11,12)/i6D2. The van der Waals surface area contributed by atoms with Gasteiger partial charge in [-0.25, -0.2) is 4.79 Å². The van der Waals surface area contributed by atoms with Crippen LogP contribution in [0.25, 0.3) is 0 Å². The minimum atomic E-state index is -1.45. The van der Waals surface area contributed by atoms with Gasteiger partial charge < -0.3 is 10.4 Å². The van der Waals surface area contributed by atoms with Crippen LogP contribution in [-0.2, 0) is 0 Å². The van der Waals surface area contributed by atoms with E-state index in [2.05, 4.69) is 5.32 Å². The maximum Gasteiger partial charge on any atom is 0.404 e. The van der Waals surface area contributed by atoms with Crippen LogP contribution >= 0.6 is 0 Å². The topological polar surface area (TPSA) is 49.3 Å². The average Bonchev–Trinajstić information content (AvgIpc) is 2.11. The van der Waals surface area contributed by atoms with E-state index in [0.29, 0.717) is 12.8 Å². The lowest BCUT2D eigenvalue weighted by Gasteiger charge is -2.14. The summed E-state index contributed by atoms with van der Waals surface area (Å²) in [6, 6.07) is -0.593. The fourth-order valence-corrected chi connectivity index (χ4v) is 1.03. The smallest absolute Gasteiger partial charge is 0.404 e. The zero-order valence-electron chi connectivity index (χ0n) is 9.76. The second-order valence-electron chi connectivity index (χ2n) is 2.70. The summed E-state index contributed by atoms with van der Waals surface area (Å²) in [6.07, 6.45) is 0.0596. The highest BCUT2D eigenvalue weighted by atomic mass is 16.4. The molecular formula is C9H19NO2. The number of rotatable bonds is 6. The molecule has 3 heteroatoms. The van der Waals surface area contributed by atoms with Gasteiger partial charge in [-0.15, -0.1) is 0 Å². The molecule has 72 valence electrons. The average molecular weight is 175 g/mol. The zero-order valence-corrected chi connectivity index (χ0v) is 7.76. The molecule has 2 N–H and O–H groups in total. The van der Waals surface area contributed by atoms with Crippen molar-refractivity contribution in [3.8, 4) is 0 Å². The van der Waals surface area contributed by atoms with Gasteiger partial charge in [0.2, 0.25) is 0 Å². The van der Waals surface area contributed by atoms with Gasteiger partial charge in [-0.3, -0.25) is 0 Å². The minimum absolute atomic E-state index is 0.321. The van der Waals surface area contributed by atoms with E-state index >= 15 is 0 Å². The summed E-state index contributed by atoms with van der Waals surface area (Å²) in [5, 5.41) is 10.8. The van der Waals surface area contributed by atoms with Crippen molar-refractivity contribution in [3.05, 3.63) is 0 Å². The molecule has 1 atom stereocenters. The van der Waals surface area contributed by atoms with Crippen molar-refractivity contribution in [3.63, 3.8) is 0 Å². The van der Waals surface area contributed by atoms with Crippen molar-refractivity contribution in [2.75, 3.05) is 0 Å². The fourth-order valence-electron chi connectivity index (χ4n) is 1.03. The lowest BCUT2D eigenvalue weighted by Crippen LogP contribution is -2.33. The highest BCUT2D eigenvalue weighted by Gasteiger charge is 2.08. The van der Waals surface area contributed by atoms with Crippen LogP contribution in [0.2, 0.25) is 0 Å². The van der Waals surface area contributed by atoms with Crippen LogP contribution in [-0.4, -0.2) is 17.2 Å². The lowest BCUT2D eigenvalue weighted by atomic mass is 10.1. The molecule has 0 bridgehead atoms. The fraction of sp³-hybridized carbons (Fsp3) is 0.889.